The summed E-state index contributed by atoms with van der Waals surface area (Å²) < 4.78 is 49.4. The highest BCUT2D eigenvalue weighted by molar-refractivity contribution is 9.10. The fourth-order valence-electron chi connectivity index (χ4n) is 5.73. The molecule has 12 heteroatoms. The van der Waals surface area contributed by atoms with Crippen LogP contribution in [-0.2, 0) is 23.1 Å². The molecular weight excluding hydrogens is 551 g/mol. The number of ether oxygens (including phenoxy) is 1. The molecule has 192 valence electrons. The van der Waals surface area contributed by atoms with Crippen molar-refractivity contribution in [2.75, 3.05) is 12.8 Å². The van der Waals surface area contributed by atoms with E-state index in [1.165, 1.54) is 25.2 Å². The number of rotatable bonds is 8. The molecule has 3 aromatic rings. The van der Waals surface area contributed by atoms with Crippen LogP contribution in [0.5, 0.6) is 11.6 Å². The van der Waals surface area contributed by atoms with E-state index in [1.54, 1.807) is 0 Å². The Balaban J connectivity index is 1.22. The van der Waals surface area contributed by atoms with Gasteiger partial charge in [-0.15, -0.1) is 5.10 Å². The van der Waals surface area contributed by atoms with Crippen LogP contribution in [0.25, 0.3) is 11.0 Å². The van der Waals surface area contributed by atoms with Gasteiger partial charge in [-0.2, -0.15) is 0 Å². The van der Waals surface area contributed by atoms with E-state index in [9.17, 15) is 12.8 Å². The van der Waals surface area contributed by atoms with E-state index in [-0.39, 0.29) is 18.0 Å². The average Bonchev–Trinajstić information content (AvgIpc) is 3.21. The lowest BCUT2D eigenvalue weighted by molar-refractivity contribution is 0.227. The van der Waals surface area contributed by atoms with Crippen molar-refractivity contribution < 1.29 is 17.5 Å². The third-order valence-electron chi connectivity index (χ3n) is 7.56. The topological polar surface area (TPSA) is 102 Å². The molecule has 36 heavy (non-hydrogen) atoms. The highest BCUT2D eigenvalue weighted by Crippen LogP contribution is 2.41. The van der Waals surface area contributed by atoms with Gasteiger partial charge in [0.1, 0.15) is 17.1 Å². The number of aromatic nitrogens is 4. The van der Waals surface area contributed by atoms with Gasteiger partial charge >= 0.3 is 0 Å². The van der Waals surface area contributed by atoms with Gasteiger partial charge in [-0.3, -0.25) is 4.90 Å². The summed E-state index contributed by atoms with van der Waals surface area (Å²) >= 11 is 3.62. The van der Waals surface area contributed by atoms with Crippen LogP contribution in [0.2, 0.25) is 0 Å². The molecule has 0 amide bonds. The Kier molecular flexibility index (Phi) is 6.25. The van der Waals surface area contributed by atoms with Crippen LogP contribution in [0.4, 0.5) is 4.39 Å². The molecule has 2 aliphatic carbocycles. The first-order valence-electron chi connectivity index (χ1n) is 12.3. The average molecular weight is 579 g/mol. The number of hydrogen-bond donors (Lipinski definition) is 1. The SMILES string of the molecule is CS(=O)(=O)NC1CC[C@H]2[C@@H]1CCN2Cc1cc(F)cnc1Oc1ccc2c(nnn2CC2CC2)c1Br. The zero-order chi connectivity index (χ0) is 25.0. The molecule has 3 fully saturated rings. The van der Waals surface area contributed by atoms with E-state index in [0.29, 0.717) is 34.1 Å². The molecule has 1 aliphatic heterocycles. The maximum atomic E-state index is 14.2. The molecule has 2 saturated carbocycles. The summed E-state index contributed by atoms with van der Waals surface area (Å²) in [4.78, 5) is 6.55. The van der Waals surface area contributed by atoms with E-state index in [1.807, 2.05) is 16.8 Å². The minimum Gasteiger partial charge on any atom is -0.437 e. The van der Waals surface area contributed by atoms with Crippen LogP contribution in [-0.4, -0.2) is 58.2 Å². The molecule has 1 aromatic carbocycles. The molecule has 0 spiro atoms. The van der Waals surface area contributed by atoms with Gasteiger partial charge in [0, 0.05) is 30.7 Å². The minimum atomic E-state index is -3.25. The molecule has 0 radical (unpaired) electrons. The maximum absolute atomic E-state index is 14.2. The van der Waals surface area contributed by atoms with E-state index in [4.69, 9.17) is 4.74 Å². The van der Waals surface area contributed by atoms with Gasteiger partial charge in [0.05, 0.1) is 22.4 Å². The zero-order valence-corrected chi connectivity index (χ0v) is 22.3. The van der Waals surface area contributed by atoms with E-state index in [2.05, 4.69) is 40.8 Å². The molecule has 3 aliphatic rings. The highest BCUT2D eigenvalue weighted by Gasteiger charge is 2.44. The second-order valence-electron chi connectivity index (χ2n) is 10.2. The zero-order valence-electron chi connectivity index (χ0n) is 19.9. The molecule has 1 N–H and O–H groups in total. The number of nitrogens with zero attached hydrogens (tertiary/aromatic N) is 5. The Morgan fingerprint density at radius 1 is 1.22 bits per heavy atom. The Morgan fingerprint density at radius 2 is 2.06 bits per heavy atom. The summed E-state index contributed by atoms with van der Waals surface area (Å²) in [7, 11) is -3.25. The normalized spacial score (nSPS) is 24.5. The Hall–Kier alpha value is -2.15. The van der Waals surface area contributed by atoms with Crippen molar-refractivity contribution >= 4 is 37.0 Å². The number of halogens is 2. The molecule has 3 heterocycles. The largest absolute Gasteiger partial charge is 0.437 e. The van der Waals surface area contributed by atoms with Gasteiger partial charge in [-0.1, -0.05) is 5.21 Å². The van der Waals surface area contributed by atoms with Crippen LogP contribution in [0, 0.1) is 17.7 Å². The lowest BCUT2D eigenvalue weighted by atomic mass is 10.0. The predicted octanol–water partition coefficient (Wildman–Crippen LogP) is 3.83. The number of nitrogens with one attached hydrogen (secondary N) is 1. The first-order valence-corrected chi connectivity index (χ1v) is 15.0. The van der Waals surface area contributed by atoms with Crippen molar-refractivity contribution in [2.45, 2.75) is 57.3 Å². The first kappa shape index (κ1) is 24.2. The Morgan fingerprint density at radius 3 is 2.83 bits per heavy atom. The Bertz CT molecular complexity index is 1410. The fraction of sp³-hybridized carbons (Fsp3) is 0.542. The number of pyridine rings is 1. The van der Waals surface area contributed by atoms with Gasteiger partial charge in [-0.05, 0) is 84.6 Å². The molecule has 6 rings (SSSR count). The van der Waals surface area contributed by atoms with E-state index >= 15 is 0 Å². The van der Waals surface area contributed by atoms with Gasteiger partial charge in [0.15, 0.2) is 0 Å². The summed E-state index contributed by atoms with van der Waals surface area (Å²) in [5.74, 6) is 1.39. The summed E-state index contributed by atoms with van der Waals surface area (Å²) in [5.41, 5.74) is 2.31. The first-order chi connectivity index (χ1) is 17.2. The highest BCUT2D eigenvalue weighted by atomic mass is 79.9. The second-order valence-corrected chi connectivity index (χ2v) is 12.8. The quantitative estimate of drug-likeness (QED) is 0.433. The molecule has 1 saturated heterocycles. The number of fused-ring (bicyclic) bond motifs is 2. The number of sulfonamides is 1. The minimum absolute atomic E-state index is 0.0487. The maximum Gasteiger partial charge on any atom is 0.223 e. The second kappa shape index (κ2) is 9.30. The van der Waals surface area contributed by atoms with E-state index < -0.39 is 15.8 Å². The van der Waals surface area contributed by atoms with Crippen LogP contribution in [0.3, 0.4) is 0 Å². The van der Waals surface area contributed by atoms with Gasteiger partial charge in [0.2, 0.25) is 15.9 Å². The van der Waals surface area contributed by atoms with Crippen molar-refractivity contribution in [1.29, 1.82) is 0 Å². The van der Waals surface area contributed by atoms with Crippen molar-refractivity contribution in [1.82, 2.24) is 29.6 Å². The number of benzene rings is 1. The van der Waals surface area contributed by atoms with Crippen LogP contribution in [0.15, 0.2) is 28.9 Å². The lowest BCUT2D eigenvalue weighted by Crippen LogP contribution is -2.38. The summed E-state index contributed by atoms with van der Waals surface area (Å²) in [6.07, 6.45) is 7.43. The Labute approximate surface area is 217 Å². The summed E-state index contributed by atoms with van der Waals surface area (Å²) in [6, 6.07) is 5.46. The van der Waals surface area contributed by atoms with Crippen molar-refractivity contribution in [3.63, 3.8) is 0 Å². The molecular formula is C24H28BrFN6O3S. The third kappa shape index (κ3) is 4.88. The number of hydrogen-bond acceptors (Lipinski definition) is 7. The van der Waals surface area contributed by atoms with Crippen LogP contribution >= 0.6 is 15.9 Å². The summed E-state index contributed by atoms with van der Waals surface area (Å²) in [6.45, 7) is 2.16. The van der Waals surface area contributed by atoms with Crippen LogP contribution < -0.4 is 9.46 Å². The van der Waals surface area contributed by atoms with Crippen molar-refractivity contribution in [3.05, 3.63) is 40.2 Å². The molecule has 9 nitrogen and oxygen atoms in total. The standard InChI is InChI=1S/C24H28BrFN6O3S/c1-36(33,34)29-18-4-5-19-17(18)8-9-31(19)13-15-10-16(26)11-27-24(15)35-21-7-6-20-23(22(21)25)28-30-32(20)12-14-2-3-14/h6-7,10-11,14,17-19,29H,2-5,8-9,12-13H2,1H3/t17-,18?,19+/m1/s1. The molecule has 1 unspecified atom stereocenters. The monoisotopic (exact) mass is 578 g/mol. The molecule has 3 atom stereocenters. The third-order valence-corrected chi connectivity index (χ3v) is 9.06. The number of likely N-dealkylation sites (tertiary alicyclic amines) is 1. The van der Waals surface area contributed by atoms with Gasteiger partial charge in [0.25, 0.3) is 0 Å². The molecule has 2 aromatic heterocycles. The predicted molar refractivity (Wildman–Crippen MR) is 136 cm³/mol. The van der Waals surface area contributed by atoms with E-state index in [0.717, 1.165) is 49.6 Å². The van der Waals surface area contributed by atoms with Gasteiger partial charge < -0.3 is 4.74 Å². The fourth-order valence-corrected chi connectivity index (χ4v) is 7.07. The van der Waals surface area contributed by atoms with Crippen LogP contribution in [0.1, 0.15) is 37.7 Å². The van der Waals surface area contributed by atoms with Crippen molar-refractivity contribution in [2.24, 2.45) is 11.8 Å². The molecule has 0 bridgehead atoms. The lowest BCUT2D eigenvalue weighted by Gasteiger charge is -2.25. The summed E-state index contributed by atoms with van der Waals surface area (Å²) in [5, 5.41) is 8.65. The van der Waals surface area contributed by atoms with Crippen molar-refractivity contribution in [3.8, 4) is 11.6 Å². The smallest absolute Gasteiger partial charge is 0.223 e. The van der Waals surface area contributed by atoms with Gasteiger partial charge in [-0.25, -0.2) is 27.2 Å².